The molecule has 2 heterocycles. The van der Waals surface area contributed by atoms with E-state index in [4.69, 9.17) is 4.74 Å². The number of pyridine rings is 1. The molecule has 1 N–H and O–H groups in total. The van der Waals surface area contributed by atoms with E-state index in [0.717, 1.165) is 31.8 Å². The minimum absolute atomic E-state index is 0.355. The summed E-state index contributed by atoms with van der Waals surface area (Å²) in [5.74, 6) is 0.658. The first-order valence-electron chi connectivity index (χ1n) is 7.15. The molecule has 4 heteroatoms. The third-order valence-corrected chi connectivity index (χ3v) is 3.94. The number of hydrogen-bond acceptors (Lipinski definition) is 4. The van der Waals surface area contributed by atoms with E-state index in [1.807, 2.05) is 13.2 Å². The average Bonchev–Trinajstić information content (AvgIpc) is 2.90. The van der Waals surface area contributed by atoms with Gasteiger partial charge in [0.15, 0.2) is 0 Å². The summed E-state index contributed by atoms with van der Waals surface area (Å²) in [6.07, 6.45) is 4.27. The number of ether oxygens (including phenoxy) is 1. The fourth-order valence-electron chi connectivity index (χ4n) is 2.79. The third-order valence-electron chi connectivity index (χ3n) is 3.94. The van der Waals surface area contributed by atoms with Gasteiger partial charge in [-0.2, -0.15) is 0 Å². The van der Waals surface area contributed by atoms with E-state index < -0.39 is 0 Å². The minimum atomic E-state index is 0.355. The Labute approximate surface area is 116 Å². The van der Waals surface area contributed by atoms with Crippen molar-refractivity contribution in [1.29, 1.82) is 0 Å². The van der Waals surface area contributed by atoms with Crippen LogP contribution in [0.4, 0.5) is 5.69 Å². The predicted octanol–water partition coefficient (Wildman–Crippen LogP) is 2.22. The normalized spacial score (nSPS) is 20.8. The molecule has 0 bridgehead atoms. The molecule has 1 aliphatic rings. The summed E-state index contributed by atoms with van der Waals surface area (Å²) in [7, 11) is 3.77. The van der Waals surface area contributed by atoms with Crippen LogP contribution in [-0.2, 0) is 4.74 Å². The highest BCUT2D eigenvalue weighted by atomic mass is 16.5. The predicted molar refractivity (Wildman–Crippen MR) is 78.5 cm³/mol. The average molecular weight is 263 g/mol. The van der Waals surface area contributed by atoms with Crippen molar-refractivity contribution >= 4 is 5.69 Å². The van der Waals surface area contributed by atoms with Gasteiger partial charge in [-0.25, -0.2) is 0 Å². The molecule has 2 rings (SSSR count). The van der Waals surface area contributed by atoms with Crippen LogP contribution in [0, 0.1) is 5.92 Å². The first-order chi connectivity index (χ1) is 9.28. The van der Waals surface area contributed by atoms with Crippen LogP contribution in [0.15, 0.2) is 18.3 Å². The maximum Gasteiger partial charge on any atom is 0.0574 e. The monoisotopic (exact) mass is 263 g/mol. The zero-order valence-corrected chi connectivity index (χ0v) is 12.2. The van der Waals surface area contributed by atoms with Gasteiger partial charge in [-0.05, 0) is 32.0 Å². The third kappa shape index (κ3) is 3.45. The van der Waals surface area contributed by atoms with Crippen molar-refractivity contribution in [2.45, 2.75) is 25.8 Å². The Hall–Kier alpha value is -1.13. The standard InChI is InChI=1S/C15H25N3O/c1-4-14(16-2)15-6-5-13(9-17-15)18-8-7-12(10-18)11-19-3/h5-6,9,12,14,16H,4,7-8,10-11H2,1-3H3. The van der Waals surface area contributed by atoms with Crippen molar-refractivity contribution in [2.24, 2.45) is 5.92 Å². The molecule has 0 spiro atoms. The molecule has 2 atom stereocenters. The first kappa shape index (κ1) is 14.3. The van der Waals surface area contributed by atoms with E-state index >= 15 is 0 Å². The van der Waals surface area contributed by atoms with Crippen LogP contribution >= 0.6 is 0 Å². The van der Waals surface area contributed by atoms with Gasteiger partial charge in [0, 0.05) is 32.2 Å². The van der Waals surface area contributed by atoms with Crippen molar-refractivity contribution < 1.29 is 4.74 Å². The van der Waals surface area contributed by atoms with Crippen LogP contribution in [0.3, 0.4) is 0 Å². The first-order valence-corrected chi connectivity index (χ1v) is 7.15. The largest absolute Gasteiger partial charge is 0.384 e. The number of nitrogens with one attached hydrogen (secondary N) is 1. The van der Waals surface area contributed by atoms with Crippen LogP contribution in [0.2, 0.25) is 0 Å². The molecule has 1 aromatic heterocycles. The van der Waals surface area contributed by atoms with E-state index in [9.17, 15) is 0 Å². The zero-order valence-electron chi connectivity index (χ0n) is 12.2. The molecule has 0 amide bonds. The Morgan fingerprint density at radius 3 is 2.95 bits per heavy atom. The van der Waals surface area contributed by atoms with E-state index in [2.05, 4.69) is 34.3 Å². The molecule has 4 nitrogen and oxygen atoms in total. The topological polar surface area (TPSA) is 37.4 Å². The van der Waals surface area contributed by atoms with Gasteiger partial charge in [-0.1, -0.05) is 6.92 Å². The molecule has 1 aromatic rings. The number of nitrogens with zero attached hydrogens (tertiary/aromatic N) is 2. The number of anilines is 1. The second-order valence-electron chi connectivity index (χ2n) is 5.25. The second kappa shape index (κ2) is 6.87. The second-order valence-corrected chi connectivity index (χ2v) is 5.25. The van der Waals surface area contributed by atoms with Gasteiger partial charge in [-0.3, -0.25) is 4.98 Å². The van der Waals surface area contributed by atoms with Crippen molar-refractivity contribution in [3.63, 3.8) is 0 Å². The molecular weight excluding hydrogens is 238 g/mol. The molecular formula is C15H25N3O. The summed E-state index contributed by atoms with van der Waals surface area (Å²) in [6.45, 7) is 5.22. The summed E-state index contributed by atoms with van der Waals surface area (Å²) >= 11 is 0. The molecule has 0 radical (unpaired) electrons. The highest BCUT2D eigenvalue weighted by molar-refractivity contribution is 5.45. The van der Waals surface area contributed by atoms with E-state index in [1.54, 1.807) is 7.11 Å². The summed E-state index contributed by atoms with van der Waals surface area (Å²) in [4.78, 5) is 7.00. The fraction of sp³-hybridized carbons (Fsp3) is 0.667. The maximum atomic E-state index is 5.24. The lowest BCUT2D eigenvalue weighted by Gasteiger charge is -2.20. The Kier molecular flexibility index (Phi) is 5.16. The summed E-state index contributed by atoms with van der Waals surface area (Å²) in [6, 6.07) is 4.69. The highest BCUT2D eigenvalue weighted by Crippen LogP contribution is 2.24. The molecule has 1 aliphatic heterocycles. The van der Waals surface area contributed by atoms with Gasteiger partial charge in [0.05, 0.1) is 24.2 Å². The van der Waals surface area contributed by atoms with Gasteiger partial charge in [0.1, 0.15) is 0 Å². The molecule has 1 saturated heterocycles. The SMILES string of the molecule is CCC(NC)c1ccc(N2CCC(COC)C2)cn1. The molecule has 2 unspecified atom stereocenters. The maximum absolute atomic E-state index is 5.24. The van der Waals surface area contributed by atoms with Crippen LogP contribution < -0.4 is 10.2 Å². The smallest absolute Gasteiger partial charge is 0.0574 e. The van der Waals surface area contributed by atoms with E-state index in [0.29, 0.717) is 12.0 Å². The molecule has 1 fully saturated rings. The number of aromatic nitrogens is 1. The number of methoxy groups -OCH3 is 1. The van der Waals surface area contributed by atoms with Gasteiger partial charge < -0.3 is 15.0 Å². The van der Waals surface area contributed by atoms with Crippen molar-refractivity contribution in [3.8, 4) is 0 Å². The van der Waals surface area contributed by atoms with Crippen LogP contribution in [0.25, 0.3) is 0 Å². The van der Waals surface area contributed by atoms with E-state index in [1.165, 1.54) is 12.1 Å². The van der Waals surface area contributed by atoms with Crippen molar-refractivity contribution in [2.75, 3.05) is 38.8 Å². The van der Waals surface area contributed by atoms with Crippen molar-refractivity contribution in [1.82, 2.24) is 10.3 Å². The quantitative estimate of drug-likeness (QED) is 0.854. The van der Waals surface area contributed by atoms with Gasteiger partial charge in [0.25, 0.3) is 0 Å². The lowest BCUT2D eigenvalue weighted by Crippen LogP contribution is -2.22. The molecule has 0 saturated carbocycles. The number of hydrogen-bond donors (Lipinski definition) is 1. The van der Waals surface area contributed by atoms with Crippen LogP contribution in [0.1, 0.15) is 31.5 Å². The summed E-state index contributed by atoms with van der Waals surface area (Å²) in [5.41, 5.74) is 2.36. The Morgan fingerprint density at radius 1 is 1.53 bits per heavy atom. The molecule has 106 valence electrons. The highest BCUT2D eigenvalue weighted by Gasteiger charge is 2.22. The van der Waals surface area contributed by atoms with Crippen LogP contribution in [0.5, 0.6) is 0 Å². The molecule has 0 aliphatic carbocycles. The zero-order chi connectivity index (χ0) is 13.7. The van der Waals surface area contributed by atoms with Gasteiger partial charge in [0.2, 0.25) is 0 Å². The summed E-state index contributed by atoms with van der Waals surface area (Å²) < 4.78 is 5.24. The Balaban J connectivity index is 1.99. The Bertz CT molecular complexity index is 375. The minimum Gasteiger partial charge on any atom is -0.384 e. The van der Waals surface area contributed by atoms with E-state index in [-0.39, 0.29) is 0 Å². The lowest BCUT2D eigenvalue weighted by atomic mass is 10.1. The number of rotatable bonds is 6. The lowest BCUT2D eigenvalue weighted by molar-refractivity contribution is 0.161. The molecule has 0 aromatic carbocycles. The van der Waals surface area contributed by atoms with Crippen LogP contribution in [-0.4, -0.2) is 38.8 Å². The fourth-order valence-corrected chi connectivity index (χ4v) is 2.79. The van der Waals surface area contributed by atoms with Gasteiger partial charge >= 0.3 is 0 Å². The molecule has 19 heavy (non-hydrogen) atoms. The van der Waals surface area contributed by atoms with Crippen molar-refractivity contribution in [3.05, 3.63) is 24.0 Å². The Morgan fingerprint density at radius 2 is 2.37 bits per heavy atom. The summed E-state index contributed by atoms with van der Waals surface area (Å²) in [5, 5.41) is 3.29. The van der Waals surface area contributed by atoms with Gasteiger partial charge in [-0.15, -0.1) is 0 Å².